The highest BCUT2D eigenvalue weighted by Crippen LogP contribution is 2.63. The molecule has 9 aromatic rings. The Kier molecular flexibility index (Phi) is 7.11. The molecule has 0 aromatic heterocycles. The molecule has 0 saturated carbocycles. The van der Waals surface area contributed by atoms with Crippen molar-refractivity contribution in [2.24, 2.45) is 0 Å². The Morgan fingerprint density at radius 2 is 0.891 bits per heavy atom. The third kappa shape index (κ3) is 4.82. The summed E-state index contributed by atoms with van der Waals surface area (Å²) in [5, 5.41) is 2.46. The molecule has 0 radical (unpaired) electrons. The van der Waals surface area contributed by atoms with Crippen molar-refractivity contribution in [1.82, 2.24) is 0 Å². The van der Waals surface area contributed by atoms with E-state index in [0.717, 1.165) is 39.7 Å². The zero-order valence-electron chi connectivity index (χ0n) is 30.1. The summed E-state index contributed by atoms with van der Waals surface area (Å²) in [4.78, 5) is 2.44. The first kappa shape index (κ1) is 31.4. The van der Waals surface area contributed by atoms with Gasteiger partial charge in [0.1, 0.15) is 11.5 Å². The highest BCUT2D eigenvalue weighted by molar-refractivity contribution is 5.98. The fourth-order valence-corrected chi connectivity index (χ4v) is 9.12. The number of para-hydroxylation sites is 3. The first-order valence-electron chi connectivity index (χ1n) is 18.9. The van der Waals surface area contributed by atoms with Crippen molar-refractivity contribution in [3.8, 4) is 44.9 Å². The van der Waals surface area contributed by atoms with Crippen LogP contribution in [-0.2, 0) is 5.41 Å². The second kappa shape index (κ2) is 12.5. The summed E-state index contributed by atoms with van der Waals surface area (Å²) in [5.74, 6) is 1.78. The van der Waals surface area contributed by atoms with Gasteiger partial charge in [-0.2, -0.15) is 0 Å². The van der Waals surface area contributed by atoms with Gasteiger partial charge in [-0.1, -0.05) is 158 Å². The molecule has 0 saturated heterocycles. The van der Waals surface area contributed by atoms with Gasteiger partial charge in [0.05, 0.1) is 11.1 Å². The minimum Gasteiger partial charge on any atom is -0.457 e. The summed E-state index contributed by atoms with van der Waals surface area (Å²) >= 11 is 0. The maximum Gasteiger partial charge on any atom is 0.132 e. The third-order valence-corrected chi connectivity index (χ3v) is 11.5. The molecule has 1 spiro atoms. The molecule has 1 aliphatic heterocycles. The Balaban J connectivity index is 1.22. The zero-order valence-corrected chi connectivity index (χ0v) is 30.1. The van der Waals surface area contributed by atoms with Crippen LogP contribution in [0.4, 0.5) is 17.1 Å². The van der Waals surface area contributed by atoms with Gasteiger partial charge in [-0.05, 0) is 104 Å². The smallest absolute Gasteiger partial charge is 0.132 e. The van der Waals surface area contributed by atoms with E-state index in [9.17, 15) is 0 Å². The Labute approximate surface area is 321 Å². The zero-order chi connectivity index (χ0) is 36.3. The maximum atomic E-state index is 6.71. The van der Waals surface area contributed by atoms with Gasteiger partial charge in [0.2, 0.25) is 0 Å². The summed E-state index contributed by atoms with van der Waals surface area (Å²) in [7, 11) is 0. The van der Waals surface area contributed by atoms with Gasteiger partial charge in [0, 0.05) is 28.1 Å². The first-order valence-corrected chi connectivity index (χ1v) is 18.9. The molecule has 2 heteroatoms. The van der Waals surface area contributed by atoms with E-state index >= 15 is 0 Å². The second-order valence-electron chi connectivity index (χ2n) is 14.5. The summed E-state index contributed by atoms with van der Waals surface area (Å²) in [6, 6.07) is 77.0. The SMILES string of the molecule is c1ccc(-c2cccc(N(c3ccc4c(c3)C3(c5ccccc5Oc5ccccc53)c3cc5ccccc5cc3-4)c3ccccc3-c3ccccc3)c2)cc1. The van der Waals surface area contributed by atoms with Crippen LogP contribution in [-0.4, -0.2) is 0 Å². The molecule has 2 nitrogen and oxygen atoms in total. The minimum absolute atomic E-state index is 0.605. The average molecular weight is 702 g/mol. The molecular weight excluding hydrogens is 667 g/mol. The molecule has 1 aliphatic carbocycles. The van der Waals surface area contributed by atoms with Crippen molar-refractivity contribution in [2.45, 2.75) is 5.41 Å². The maximum absolute atomic E-state index is 6.71. The van der Waals surface area contributed by atoms with Crippen LogP contribution in [0.3, 0.4) is 0 Å². The van der Waals surface area contributed by atoms with Crippen molar-refractivity contribution in [3.63, 3.8) is 0 Å². The van der Waals surface area contributed by atoms with E-state index in [2.05, 4.69) is 217 Å². The molecule has 0 amide bonds. The van der Waals surface area contributed by atoms with E-state index in [4.69, 9.17) is 4.74 Å². The fraction of sp³-hybridized carbons (Fsp3) is 0.0189. The fourth-order valence-electron chi connectivity index (χ4n) is 9.12. The van der Waals surface area contributed by atoms with Crippen LogP contribution in [0, 0.1) is 0 Å². The second-order valence-corrected chi connectivity index (χ2v) is 14.5. The quantitative estimate of drug-likeness (QED) is 0.177. The predicted octanol–water partition coefficient (Wildman–Crippen LogP) is 14.1. The number of ether oxygens (including phenoxy) is 1. The van der Waals surface area contributed by atoms with E-state index in [-0.39, 0.29) is 0 Å². The van der Waals surface area contributed by atoms with Crippen molar-refractivity contribution < 1.29 is 4.74 Å². The molecule has 9 aromatic carbocycles. The monoisotopic (exact) mass is 701 g/mol. The molecule has 11 rings (SSSR count). The van der Waals surface area contributed by atoms with Gasteiger partial charge in [-0.15, -0.1) is 0 Å². The van der Waals surface area contributed by atoms with Crippen LogP contribution in [0.1, 0.15) is 22.3 Å². The molecule has 0 fully saturated rings. The molecule has 0 N–H and O–H groups in total. The number of anilines is 3. The lowest BCUT2D eigenvalue weighted by atomic mass is 9.66. The van der Waals surface area contributed by atoms with E-state index in [0.29, 0.717) is 0 Å². The van der Waals surface area contributed by atoms with Gasteiger partial charge >= 0.3 is 0 Å². The van der Waals surface area contributed by atoms with Crippen LogP contribution in [0.15, 0.2) is 212 Å². The predicted molar refractivity (Wildman–Crippen MR) is 227 cm³/mol. The van der Waals surface area contributed by atoms with Crippen LogP contribution in [0.5, 0.6) is 11.5 Å². The van der Waals surface area contributed by atoms with Crippen LogP contribution < -0.4 is 9.64 Å². The Hall–Kier alpha value is -7.16. The molecule has 55 heavy (non-hydrogen) atoms. The lowest BCUT2D eigenvalue weighted by Crippen LogP contribution is -2.32. The number of fused-ring (bicyclic) bond motifs is 10. The Morgan fingerprint density at radius 3 is 1.64 bits per heavy atom. The van der Waals surface area contributed by atoms with Gasteiger partial charge < -0.3 is 9.64 Å². The lowest BCUT2D eigenvalue weighted by molar-refractivity contribution is 0.436. The van der Waals surface area contributed by atoms with E-state index < -0.39 is 5.41 Å². The molecule has 0 bridgehead atoms. The number of hydrogen-bond donors (Lipinski definition) is 0. The summed E-state index contributed by atoms with van der Waals surface area (Å²) in [6.45, 7) is 0. The molecule has 2 aliphatic rings. The van der Waals surface area contributed by atoms with Crippen molar-refractivity contribution >= 4 is 27.8 Å². The molecule has 0 atom stereocenters. The standard InChI is InChI=1S/C53H35NO/c1-3-16-36(17-4-1)38-22-15-23-41(32-38)54(50-27-12-9-24-43(50)37-18-5-2-6-19-37)42-30-31-44-45-33-39-20-7-8-21-40(39)34-48(45)53(49(44)35-42)46-25-10-13-28-51(46)55-52-29-14-11-26-47(52)53/h1-35H. The summed E-state index contributed by atoms with van der Waals surface area (Å²) in [5.41, 5.74) is 14.7. The van der Waals surface area contributed by atoms with E-state index in [1.54, 1.807) is 0 Å². The number of benzene rings is 9. The van der Waals surface area contributed by atoms with Crippen molar-refractivity contribution in [1.29, 1.82) is 0 Å². The van der Waals surface area contributed by atoms with Crippen molar-refractivity contribution in [3.05, 3.63) is 235 Å². The van der Waals surface area contributed by atoms with Crippen LogP contribution in [0.25, 0.3) is 44.2 Å². The minimum atomic E-state index is -0.605. The largest absolute Gasteiger partial charge is 0.457 e. The molecule has 1 heterocycles. The summed E-state index contributed by atoms with van der Waals surface area (Å²) in [6.07, 6.45) is 0. The topological polar surface area (TPSA) is 12.5 Å². The molecule has 0 unspecified atom stereocenters. The number of hydrogen-bond acceptors (Lipinski definition) is 2. The van der Waals surface area contributed by atoms with Crippen LogP contribution in [0.2, 0.25) is 0 Å². The Morgan fingerprint density at radius 1 is 0.327 bits per heavy atom. The van der Waals surface area contributed by atoms with Gasteiger partial charge in [0.15, 0.2) is 0 Å². The lowest BCUT2D eigenvalue weighted by Gasteiger charge is -2.40. The van der Waals surface area contributed by atoms with E-state index in [1.165, 1.54) is 55.3 Å². The van der Waals surface area contributed by atoms with Gasteiger partial charge in [-0.3, -0.25) is 0 Å². The average Bonchev–Trinajstić information content (AvgIpc) is 3.52. The van der Waals surface area contributed by atoms with E-state index in [1.807, 2.05) is 0 Å². The number of rotatable bonds is 5. The highest BCUT2D eigenvalue weighted by Gasteiger charge is 2.51. The number of nitrogens with zero attached hydrogens (tertiary/aromatic N) is 1. The third-order valence-electron chi connectivity index (χ3n) is 11.5. The first-order chi connectivity index (χ1) is 27.3. The normalized spacial score (nSPS) is 13.0. The Bertz CT molecular complexity index is 2870. The van der Waals surface area contributed by atoms with Gasteiger partial charge in [-0.25, -0.2) is 0 Å². The summed E-state index contributed by atoms with van der Waals surface area (Å²) < 4.78 is 6.71. The van der Waals surface area contributed by atoms with Crippen molar-refractivity contribution in [2.75, 3.05) is 4.90 Å². The molecule has 258 valence electrons. The van der Waals surface area contributed by atoms with Gasteiger partial charge in [0.25, 0.3) is 0 Å². The highest BCUT2D eigenvalue weighted by atomic mass is 16.5. The van der Waals surface area contributed by atoms with Crippen LogP contribution >= 0.6 is 0 Å². The molecular formula is C53H35NO.